The summed E-state index contributed by atoms with van der Waals surface area (Å²) in [4.78, 5) is 27.2. The Labute approximate surface area is 133 Å². The number of ether oxygens (including phenoxy) is 1. The molecule has 1 aromatic carbocycles. The normalized spacial score (nSPS) is 9.78. The summed E-state index contributed by atoms with van der Waals surface area (Å²) in [5, 5.41) is 11.3. The molecule has 1 N–H and O–H groups in total. The van der Waals surface area contributed by atoms with Crippen LogP contribution in [0.1, 0.15) is 21.6 Å². The van der Waals surface area contributed by atoms with E-state index in [-0.39, 0.29) is 12.2 Å². The van der Waals surface area contributed by atoms with Gasteiger partial charge in [0.25, 0.3) is 5.91 Å². The van der Waals surface area contributed by atoms with Crippen LogP contribution in [0, 0.1) is 18.3 Å². The van der Waals surface area contributed by atoms with Gasteiger partial charge in [0.2, 0.25) is 0 Å². The predicted molar refractivity (Wildman–Crippen MR) is 83.5 cm³/mol. The molecule has 2 rings (SSSR count). The Bertz CT molecular complexity index is 777. The minimum absolute atomic E-state index is 0.201. The molecule has 0 radical (unpaired) electrons. The Morgan fingerprint density at radius 3 is 2.52 bits per heavy atom. The summed E-state index contributed by atoms with van der Waals surface area (Å²) in [5.41, 5.74) is 3.27. The van der Waals surface area contributed by atoms with Crippen molar-refractivity contribution in [3.63, 3.8) is 0 Å². The Morgan fingerprint density at radius 1 is 1.26 bits per heavy atom. The van der Waals surface area contributed by atoms with E-state index in [1.165, 1.54) is 7.11 Å². The van der Waals surface area contributed by atoms with Crippen molar-refractivity contribution in [1.82, 2.24) is 10.3 Å². The second-order valence-electron chi connectivity index (χ2n) is 4.84. The summed E-state index contributed by atoms with van der Waals surface area (Å²) in [6.07, 6.45) is 1.58. The van der Waals surface area contributed by atoms with Crippen LogP contribution in [0.4, 0.5) is 0 Å². The Balaban J connectivity index is 2.18. The van der Waals surface area contributed by atoms with Crippen LogP contribution in [0.5, 0.6) is 0 Å². The van der Waals surface area contributed by atoms with Gasteiger partial charge in [0.1, 0.15) is 12.2 Å². The molecule has 0 aliphatic rings. The number of rotatable bonds is 4. The molecular weight excluding hydrogens is 294 g/mol. The number of nitrogens with zero attached hydrogens (tertiary/aromatic N) is 2. The zero-order chi connectivity index (χ0) is 16.8. The molecule has 0 aliphatic carbocycles. The zero-order valence-electron chi connectivity index (χ0n) is 12.8. The lowest BCUT2D eigenvalue weighted by Gasteiger charge is -2.08. The summed E-state index contributed by atoms with van der Waals surface area (Å²) in [7, 11) is 1.25. The highest BCUT2D eigenvalue weighted by Gasteiger charge is 2.13. The maximum Gasteiger partial charge on any atom is 0.325 e. The van der Waals surface area contributed by atoms with E-state index in [0.29, 0.717) is 11.1 Å². The van der Waals surface area contributed by atoms with Gasteiger partial charge in [0.15, 0.2) is 0 Å². The molecule has 6 heteroatoms. The predicted octanol–water partition coefficient (Wildman–Crippen LogP) is 1.83. The number of esters is 1. The van der Waals surface area contributed by atoms with Crippen LogP contribution in [-0.2, 0) is 9.53 Å². The summed E-state index contributed by atoms with van der Waals surface area (Å²) < 4.78 is 4.47. The number of carbonyl (C=O) groups excluding carboxylic acids is 2. The molecule has 116 valence electrons. The van der Waals surface area contributed by atoms with E-state index in [0.717, 1.165) is 11.1 Å². The van der Waals surface area contributed by atoms with Crippen molar-refractivity contribution in [3.8, 4) is 17.2 Å². The first-order valence-corrected chi connectivity index (χ1v) is 6.87. The van der Waals surface area contributed by atoms with Crippen LogP contribution in [0.15, 0.2) is 36.5 Å². The average Bonchev–Trinajstić information content (AvgIpc) is 2.59. The molecule has 23 heavy (non-hydrogen) atoms. The van der Waals surface area contributed by atoms with Gasteiger partial charge >= 0.3 is 5.97 Å². The first-order valence-electron chi connectivity index (χ1n) is 6.87. The monoisotopic (exact) mass is 309 g/mol. The maximum absolute atomic E-state index is 12.0. The third kappa shape index (κ3) is 3.92. The standard InChI is InChI=1S/C17H15N3O3/c1-11-7-14(13-5-3-12(8-18)4-6-13)9-19-16(11)17(22)20-10-15(21)23-2/h3-7,9H,10H2,1-2H3,(H,20,22). The molecule has 0 bridgehead atoms. The Hall–Kier alpha value is -3.20. The van der Waals surface area contributed by atoms with E-state index in [4.69, 9.17) is 5.26 Å². The van der Waals surface area contributed by atoms with Gasteiger partial charge < -0.3 is 10.1 Å². The Kier molecular flexibility index (Phi) is 5.05. The summed E-state index contributed by atoms with van der Waals surface area (Å²) in [6, 6.07) is 11.0. The van der Waals surface area contributed by atoms with E-state index in [1.807, 2.05) is 18.2 Å². The fourth-order valence-corrected chi connectivity index (χ4v) is 2.02. The number of aromatic nitrogens is 1. The first kappa shape index (κ1) is 16.2. The minimum Gasteiger partial charge on any atom is -0.468 e. The van der Waals surface area contributed by atoms with Crippen molar-refractivity contribution in [2.24, 2.45) is 0 Å². The van der Waals surface area contributed by atoms with E-state index in [2.05, 4.69) is 21.1 Å². The maximum atomic E-state index is 12.0. The number of methoxy groups -OCH3 is 1. The molecule has 1 aromatic heterocycles. The van der Waals surface area contributed by atoms with Gasteiger partial charge in [0.05, 0.1) is 18.7 Å². The molecule has 0 aliphatic heterocycles. The van der Waals surface area contributed by atoms with Gasteiger partial charge in [-0.2, -0.15) is 5.26 Å². The van der Waals surface area contributed by atoms with Crippen LogP contribution in [-0.4, -0.2) is 30.5 Å². The number of pyridine rings is 1. The molecule has 0 atom stereocenters. The van der Waals surface area contributed by atoms with Gasteiger partial charge in [0, 0.05) is 11.8 Å². The SMILES string of the molecule is COC(=O)CNC(=O)c1ncc(-c2ccc(C#N)cc2)cc1C. The smallest absolute Gasteiger partial charge is 0.325 e. The van der Waals surface area contributed by atoms with E-state index >= 15 is 0 Å². The van der Waals surface area contributed by atoms with Crippen LogP contribution in [0.3, 0.4) is 0 Å². The van der Waals surface area contributed by atoms with Crippen LogP contribution in [0.25, 0.3) is 11.1 Å². The van der Waals surface area contributed by atoms with Crippen molar-refractivity contribution in [3.05, 3.63) is 53.3 Å². The topological polar surface area (TPSA) is 92.1 Å². The third-order valence-corrected chi connectivity index (χ3v) is 3.26. The molecular formula is C17H15N3O3. The van der Waals surface area contributed by atoms with E-state index < -0.39 is 11.9 Å². The molecule has 1 amide bonds. The lowest BCUT2D eigenvalue weighted by molar-refractivity contribution is -0.139. The number of hydrogen-bond donors (Lipinski definition) is 1. The fraction of sp³-hybridized carbons (Fsp3) is 0.176. The van der Waals surface area contributed by atoms with E-state index in [1.54, 1.807) is 25.3 Å². The second kappa shape index (κ2) is 7.18. The molecule has 0 spiro atoms. The van der Waals surface area contributed by atoms with Crippen molar-refractivity contribution in [2.75, 3.05) is 13.7 Å². The number of nitriles is 1. The summed E-state index contributed by atoms with van der Waals surface area (Å²) in [5.74, 6) is -0.954. The fourth-order valence-electron chi connectivity index (χ4n) is 2.02. The van der Waals surface area contributed by atoms with E-state index in [9.17, 15) is 9.59 Å². The average molecular weight is 309 g/mol. The molecule has 0 unspecified atom stereocenters. The first-order chi connectivity index (χ1) is 11.0. The second-order valence-corrected chi connectivity index (χ2v) is 4.84. The minimum atomic E-state index is -0.523. The van der Waals surface area contributed by atoms with Crippen LogP contribution >= 0.6 is 0 Å². The van der Waals surface area contributed by atoms with Crippen molar-refractivity contribution in [2.45, 2.75) is 6.92 Å². The molecule has 0 saturated heterocycles. The number of nitrogens with one attached hydrogen (secondary N) is 1. The van der Waals surface area contributed by atoms with Crippen molar-refractivity contribution in [1.29, 1.82) is 5.26 Å². The molecule has 0 saturated carbocycles. The van der Waals surface area contributed by atoms with Gasteiger partial charge in [-0.15, -0.1) is 0 Å². The lowest BCUT2D eigenvalue weighted by Crippen LogP contribution is -2.31. The Morgan fingerprint density at radius 2 is 1.96 bits per heavy atom. The number of aryl methyl sites for hydroxylation is 1. The van der Waals surface area contributed by atoms with Crippen molar-refractivity contribution < 1.29 is 14.3 Å². The third-order valence-electron chi connectivity index (χ3n) is 3.26. The summed E-state index contributed by atoms with van der Waals surface area (Å²) in [6.45, 7) is 1.57. The van der Waals surface area contributed by atoms with Gasteiger partial charge in [-0.1, -0.05) is 12.1 Å². The quantitative estimate of drug-likeness (QED) is 0.870. The van der Waals surface area contributed by atoms with Crippen LogP contribution in [0.2, 0.25) is 0 Å². The number of hydrogen-bond acceptors (Lipinski definition) is 5. The largest absolute Gasteiger partial charge is 0.468 e. The molecule has 0 fully saturated rings. The van der Waals surface area contributed by atoms with Gasteiger partial charge in [-0.05, 0) is 36.2 Å². The molecule has 6 nitrogen and oxygen atoms in total. The summed E-state index contributed by atoms with van der Waals surface area (Å²) >= 11 is 0. The number of carbonyl (C=O) groups is 2. The molecule has 1 heterocycles. The van der Waals surface area contributed by atoms with Crippen LogP contribution < -0.4 is 5.32 Å². The highest BCUT2D eigenvalue weighted by atomic mass is 16.5. The highest BCUT2D eigenvalue weighted by Crippen LogP contribution is 2.21. The number of amides is 1. The molecule has 2 aromatic rings. The van der Waals surface area contributed by atoms with Gasteiger partial charge in [-0.25, -0.2) is 0 Å². The highest BCUT2D eigenvalue weighted by molar-refractivity contribution is 5.95. The lowest BCUT2D eigenvalue weighted by atomic mass is 10.0. The van der Waals surface area contributed by atoms with Crippen molar-refractivity contribution >= 4 is 11.9 Å². The number of benzene rings is 1. The zero-order valence-corrected chi connectivity index (χ0v) is 12.8. The van der Waals surface area contributed by atoms with Gasteiger partial charge in [-0.3, -0.25) is 14.6 Å².